The first-order valence-corrected chi connectivity index (χ1v) is 10.2. The van der Waals surface area contributed by atoms with Gasteiger partial charge in [-0.1, -0.05) is 72.4 Å². The predicted octanol–water partition coefficient (Wildman–Crippen LogP) is 5.19. The Morgan fingerprint density at radius 2 is 1.74 bits per heavy atom. The number of thiophene rings is 1. The van der Waals surface area contributed by atoms with Crippen LogP contribution in [0.5, 0.6) is 0 Å². The van der Waals surface area contributed by atoms with E-state index in [1.54, 1.807) is 17.7 Å². The average Bonchev–Trinajstić information content (AvgIpc) is 3.17. The van der Waals surface area contributed by atoms with Crippen molar-refractivity contribution in [3.05, 3.63) is 78.6 Å². The smallest absolute Gasteiger partial charge is 0.316 e. The van der Waals surface area contributed by atoms with Gasteiger partial charge in [0.15, 0.2) is 0 Å². The molecule has 2 aromatic heterocycles. The highest BCUT2D eigenvalue weighted by molar-refractivity contribution is 8.00. The molecule has 0 aliphatic carbocycles. The molecule has 2 aromatic carbocycles. The molecule has 134 valence electrons. The number of hydrogen-bond acceptors (Lipinski definition) is 6. The zero-order valence-electron chi connectivity index (χ0n) is 14.4. The van der Waals surface area contributed by atoms with Crippen LogP contribution in [-0.4, -0.2) is 21.7 Å². The maximum absolute atomic E-state index is 12.1. The van der Waals surface area contributed by atoms with Gasteiger partial charge < -0.3 is 4.74 Å². The minimum absolute atomic E-state index is 0.218. The molecule has 0 fully saturated rings. The fourth-order valence-corrected chi connectivity index (χ4v) is 4.44. The molecule has 0 aliphatic rings. The van der Waals surface area contributed by atoms with Crippen LogP contribution in [0.4, 0.5) is 0 Å². The van der Waals surface area contributed by atoms with Crippen LogP contribution in [-0.2, 0) is 16.1 Å². The van der Waals surface area contributed by atoms with Crippen molar-refractivity contribution in [2.45, 2.75) is 11.6 Å². The zero-order chi connectivity index (χ0) is 18.5. The lowest BCUT2D eigenvalue weighted by Gasteiger charge is -2.05. The van der Waals surface area contributed by atoms with Gasteiger partial charge in [-0.25, -0.2) is 9.97 Å². The minimum atomic E-state index is -0.255. The molecule has 0 bridgehead atoms. The van der Waals surface area contributed by atoms with E-state index in [1.165, 1.54) is 11.8 Å². The molecule has 0 spiro atoms. The van der Waals surface area contributed by atoms with Gasteiger partial charge in [-0.15, -0.1) is 11.3 Å². The van der Waals surface area contributed by atoms with Gasteiger partial charge in [-0.05, 0) is 17.2 Å². The Hall–Kier alpha value is -2.70. The van der Waals surface area contributed by atoms with E-state index in [0.29, 0.717) is 0 Å². The van der Waals surface area contributed by atoms with E-state index >= 15 is 0 Å². The Morgan fingerprint density at radius 3 is 2.52 bits per heavy atom. The van der Waals surface area contributed by atoms with Crippen LogP contribution < -0.4 is 0 Å². The van der Waals surface area contributed by atoms with Gasteiger partial charge in [-0.3, -0.25) is 4.79 Å². The van der Waals surface area contributed by atoms with Crippen molar-refractivity contribution in [1.82, 2.24) is 9.97 Å². The van der Waals surface area contributed by atoms with Gasteiger partial charge in [0.05, 0.1) is 5.75 Å². The number of esters is 1. The van der Waals surface area contributed by atoms with Gasteiger partial charge in [-0.2, -0.15) is 0 Å². The molecule has 0 N–H and O–H groups in total. The van der Waals surface area contributed by atoms with Gasteiger partial charge >= 0.3 is 5.97 Å². The number of ether oxygens (including phenoxy) is 1. The van der Waals surface area contributed by atoms with E-state index in [-0.39, 0.29) is 18.3 Å². The Morgan fingerprint density at radius 1 is 1.00 bits per heavy atom. The molecule has 27 heavy (non-hydrogen) atoms. The van der Waals surface area contributed by atoms with E-state index in [1.807, 2.05) is 48.5 Å². The normalized spacial score (nSPS) is 10.8. The van der Waals surface area contributed by atoms with Crippen LogP contribution in [0.25, 0.3) is 20.7 Å². The van der Waals surface area contributed by atoms with Crippen molar-refractivity contribution in [3.63, 3.8) is 0 Å². The summed E-state index contributed by atoms with van der Waals surface area (Å²) in [7, 11) is 0. The predicted molar refractivity (Wildman–Crippen MR) is 110 cm³/mol. The molecule has 0 radical (unpaired) electrons. The number of nitrogens with zero attached hydrogens (tertiary/aromatic N) is 2. The molecule has 4 aromatic rings. The fourth-order valence-electron chi connectivity index (χ4n) is 2.60. The van der Waals surface area contributed by atoms with Crippen LogP contribution in [0.2, 0.25) is 0 Å². The molecular weight excluding hydrogens is 376 g/mol. The number of carbonyl (C=O) groups is 1. The van der Waals surface area contributed by atoms with E-state index < -0.39 is 0 Å². The lowest BCUT2D eigenvalue weighted by atomic mass is 10.2. The van der Waals surface area contributed by atoms with Crippen LogP contribution in [0, 0.1) is 0 Å². The summed E-state index contributed by atoms with van der Waals surface area (Å²) in [6, 6.07) is 21.9. The SMILES string of the molecule is O=C(CSc1ncnc2sc(-c3ccccc3)cc12)OCc1ccccc1. The van der Waals surface area contributed by atoms with Crippen LogP contribution in [0.1, 0.15) is 5.56 Å². The largest absolute Gasteiger partial charge is 0.460 e. The van der Waals surface area contributed by atoms with Gasteiger partial charge in [0.1, 0.15) is 22.8 Å². The molecule has 4 rings (SSSR count). The lowest BCUT2D eigenvalue weighted by Crippen LogP contribution is -2.07. The molecule has 0 amide bonds. The molecular formula is C21H16N2O2S2. The quantitative estimate of drug-likeness (QED) is 0.257. The fraction of sp³-hybridized carbons (Fsp3) is 0.0952. The standard InChI is InChI=1S/C21H16N2O2S2/c24-19(25-12-15-7-3-1-4-8-15)13-26-20-17-11-18(16-9-5-2-6-10-16)27-21(17)23-14-22-20/h1-11,14H,12-13H2. The third kappa shape index (κ3) is 4.35. The summed E-state index contributed by atoms with van der Waals surface area (Å²) in [6.45, 7) is 0.288. The Balaban J connectivity index is 1.44. The van der Waals surface area contributed by atoms with Crippen LogP contribution in [0.15, 0.2) is 78.1 Å². The number of aromatic nitrogens is 2. The van der Waals surface area contributed by atoms with Crippen LogP contribution >= 0.6 is 23.1 Å². The third-order valence-corrected chi connectivity index (χ3v) is 5.99. The number of carbonyl (C=O) groups excluding carboxylic acids is 1. The van der Waals surface area contributed by atoms with E-state index in [0.717, 1.165) is 31.2 Å². The molecule has 0 saturated carbocycles. The maximum atomic E-state index is 12.1. The monoisotopic (exact) mass is 392 g/mol. The van der Waals surface area contributed by atoms with Gasteiger partial charge in [0, 0.05) is 10.3 Å². The van der Waals surface area contributed by atoms with Crippen molar-refractivity contribution < 1.29 is 9.53 Å². The summed E-state index contributed by atoms with van der Waals surface area (Å²) in [5.74, 6) is -0.0377. The topological polar surface area (TPSA) is 52.1 Å². The molecule has 0 unspecified atom stereocenters. The van der Waals surface area contributed by atoms with E-state index in [2.05, 4.69) is 28.2 Å². The average molecular weight is 393 g/mol. The highest BCUT2D eigenvalue weighted by atomic mass is 32.2. The summed E-state index contributed by atoms with van der Waals surface area (Å²) in [6.07, 6.45) is 1.55. The highest BCUT2D eigenvalue weighted by Crippen LogP contribution is 2.36. The molecule has 0 saturated heterocycles. The minimum Gasteiger partial charge on any atom is -0.460 e. The first kappa shape index (κ1) is 17.7. The molecule has 0 atom stereocenters. The van der Waals surface area contributed by atoms with Crippen LogP contribution in [0.3, 0.4) is 0 Å². The molecule has 4 nitrogen and oxygen atoms in total. The van der Waals surface area contributed by atoms with Gasteiger partial charge in [0.25, 0.3) is 0 Å². The summed E-state index contributed by atoms with van der Waals surface area (Å²) < 4.78 is 5.34. The summed E-state index contributed by atoms with van der Waals surface area (Å²) in [5, 5.41) is 1.78. The maximum Gasteiger partial charge on any atom is 0.316 e. The third-order valence-electron chi connectivity index (χ3n) is 3.92. The summed E-state index contributed by atoms with van der Waals surface area (Å²) in [4.78, 5) is 22.9. The first-order valence-electron chi connectivity index (χ1n) is 8.42. The number of fused-ring (bicyclic) bond motifs is 1. The second-order valence-corrected chi connectivity index (χ2v) is 7.80. The van der Waals surface area contributed by atoms with Crippen molar-refractivity contribution in [2.24, 2.45) is 0 Å². The summed E-state index contributed by atoms with van der Waals surface area (Å²) in [5.41, 5.74) is 2.13. The summed E-state index contributed by atoms with van der Waals surface area (Å²) >= 11 is 3.01. The number of rotatable bonds is 6. The molecule has 0 aliphatic heterocycles. The molecule has 6 heteroatoms. The number of hydrogen-bond donors (Lipinski definition) is 0. The van der Waals surface area contributed by atoms with Crippen molar-refractivity contribution in [1.29, 1.82) is 0 Å². The zero-order valence-corrected chi connectivity index (χ0v) is 16.0. The highest BCUT2D eigenvalue weighted by Gasteiger charge is 2.12. The van der Waals surface area contributed by atoms with E-state index in [9.17, 15) is 4.79 Å². The second-order valence-electron chi connectivity index (χ2n) is 5.81. The first-order chi connectivity index (χ1) is 13.3. The molecule has 2 heterocycles. The number of benzene rings is 2. The number of thioether (sulfide) groups is 1. The van der Waals surface area contributed by atoms with Crippen molar-refractivity contribution in [2.75, 3.05) is 5.75 Å². The van der Waals surface area contributed by atoms with Crippen molar-refractivity contribution in [3.8, 4) is 10.4 Å². The van der Waals surface area contributed by atoms with Gasteiger partial charge in [0.2, 0.25) is 0 Å². The Bertz CT molecular complexity index is 1050. The van der Waals surface area contributed by atoms with Crippen molar-refractivity contribution >= 4 is 39.3 Å². The Kier molecular flexibility index (Phi) is 5.46. The Labute approximate surface area is 165 Å². The second kappa shape index (κ2) is 8.33. The lowest BCUT2D eigenvalue weighted by molar-refractivity contribution is -0.141. The van der Waals surface area contributed by atoms with E-state index in [4.69, 9.17) is 4.74 Å².